The fraction of sp³-hybridized carbons (Fsp3) is 0.194. The van der Waals surface area contributed by atoms with Gasteiger partial charge in [-0.25, -0.2) is 0 Å². The number of amides is 1. The number of para-hydroxylation sites is 1. The molecule has 39 heavy (non-hydrogen) atoms. The molecule has 0 bridgehead atoms. The maximum absolute atomic E-state index is 12.8. The van der Waals surface area contributed by atoms with Gasteiger partial charge >= 0.3 is 0 Å². The van der Waals surface area contributed by atoms with E-state index in [1.165, 1.54) is 0 Å². The minimum atomic E-state index is -0.0167. The van der Waals surface area contributed by atoms with E-state index < -0.39 is 0 Å². The first-order chi connectivity index (χ1) is 19.0. The van der Waals surface area contributed by atoms with Crippen LogP contribution in [0.5, 0.6) is 5.75 Å². The Balaban J connectivity index is 1.27. The molecule has 5 aromatic rings. The van der Waals surface area contributed by atoms with Crippen LogP contribution >= 0.6 is 0 Å². The van der Waals surface area contributed by atoms with Gasteiger partial charge in [-0.3, -0.25) is 9.36 Å². The number of benzene rings is 3. The molecule has 0 aliphatic carbocycles. The summed E-state index contributed by atoms with van der Waals surface area (Å²) in [7, 11) is 5.67. The number of anilines is 3. The number of carbonyl (C=O) groups is 1. The van der Waals surface area contributed by atoms with E-state index in [-0.39, 0.29) is 12.3 Å². The Morgan fingerprint density at radius 2 is 1.77 bits per heavy atom. The number of rotatable bonds is 10. The Bertz CT molecular complexity index is 1560. The highest BCUT2D eigenvalue weighted by atomic mass is 16.5. The zero-order chi connectivity index (χ0) is 27.2. The Labute approximate surface area is 228 Å². The Morgan fingerprint density at radius 1 is 0.949 bits per heavy atom. The summed E-state index contributed by atoms with van der Waals surface area (Å²) in [6.07, 6.45) is 3.02. The summed E-state index contributed by atoms with van der Waals surface area (Å²) in [5.41, 5.74) is 5.11. The molecule has 3 aromatic carbocycles. The van der Waals surface area contributed by atoms with E-state index in [0.29, 0.717) is 18.2 Å². The first-order valence-corrected chi connectivity index (χ1v) is 12.9. The van der Waals surface area contributed by atoms with E-state index in [1.54, 1.807) is 7.11 Å². The van der Waals surface area contributed by atoms with Crippen molar-refractivity contribution in [2.75, 3.05) is 38.0 Å². The van der Waals surface area contributed by atoms with Crippen LogP contribution in [0.4, 0.5) is 17.2 Å². The van der Waals surface area contributed by atoms with Gasteiger partial charge in [0.25, 0.3) is 0 Å². The molecule has 0 saturated heterocycles. The van der Waals surface area contributed by atoms with Gasteiger partial charge in [0.15, 0.2) is 11.6 Å². The lowest BCUT2D eigenvalue weighted by molar-refractivity contribution is -0.120. The zero-order valence-corrected chi connectivity index (χ0v) is 22.4. The van der Waals surface area contributed by atoms with Gasteiger partial charge in [-0.05, 0) is 66.1 Å². The fourth-order valence-electron chi connectivity index (χ4n) is 4.48. The molecule has 0 atom stereocenters. The van der Waals surface area contributed by atoms with Gasteiger partial charge in [0.05, 0.1) is 19.0 Å². The maximum Gasteiger partial charge on any atom is 0.224 e. The van der Waals surface area contributed by atoms with E-state index in [0.717, 1.165) is 45.6 Å². The van der Waals surface area contributed by atoms with Crippen molar-refractivity contribution in [2.45, 2.75) is 12.8 Å². The summed E-state index contributed by atoms with van der Waals surface area (Å²) < 4.78 is 7.19. The predicted molar refractivity (Wildman–Crippen MR) is 156 cm³/mol. The molecular weight excluding hydrogens is 488 g/mol. The highest BCUT2D eigenvalue weighted by Crippen LogP contribution is 2.25. The largest absolute Gasteiger partial charge is 0.497 e. The van der Waals surface area contributed by atoms with Gasteiger partial charge in [0.1, 0.15) is 5.75 Å². The Kier molecular flexibility index (Phi) is 7.73. The molecular formula is C31H32N6O2. The van der Waals surface area contributed by atoms with Crippen LogP contribution in [0.2, 0.25) is 0 Å². The quantitative estimate of drug-likeness (QED) is 0.265. The second kappa shape index (κ2) is 11.7. The molecule has 2 heterocycles. The molecule has 0 unspecified atom stereocenters. The highest BCUT2D eigenvalue weighted by molar-refractivity contribution is 5.90. The summed E-state index contributed by atoms with van der Waals surface area (Å²) in [5, 5.41) is 16.3. The van der Waals surface area contributed by atoms with Crippen LogP contribution in [-0.4, -0.2) is 48.4 Å². The van der Waals surface area contributed by atoms with Crippen LogP contribution in [-0.2, 0) is 17.6 Å². The molecule has 2 aromatic heterocycles. The van der Waals surface area contributed by atoms with Gasteiger partial charge in [0, 0.05) is 43.6 Å². The first-order valence-electron chi connectivity index (χ1n) is 12.9. The minimum Gasteiger partial charge on any atom is -0.497 e. The van der Waals surface area contributed by atoms with Gasteiger partial charge in [0.2, 0.25) is 5.91 Å². The van der Waals surface area contributed by atoms with Crippen molar-refractivity contribution in [3.63, 3.8) is 0 Å². The third-order valence-corrected chi connectivity index (χ3v) is 6.57. The first kappa shape index (κ1) is 25.8. The van der Waals surface area contributed by atoms with E-state index in [1.807, 2.05) is 97.7 Å². The summed E-state index contributed by atoms with van der Waals surface area (Å²) in [6, 6.07) is 27.9. The van der Waals surface area contributed by atoms with Crippen LogP contribution in [0.1, 0.15) is 11.1 Å². The number of hydrogen-bond donors (Lipinski definition) is 2. The minimum absolute atomic E-state index is 0.0167. The average molecular weight is 521 g/mol. The number of hydrogen-bond acceptors (Lipinski definition) is 6. The summed E-state index contributed by atoms with van der Waals surface area (Å²) in [6.45, 7) is 0.571. The van der Waals surface area contributed by atoms with Crippen molar-refractivity contribution in [3.05, 3.63) is 102 Å². The molecule has 8 nitrogen and oxygen atoms in total. The average Bonchev–Trinajstić information content (AvgIpc) is 3.32. The summed E-state index contributed by atoms with van der Waals surface area (Å²) in [4.78, 5) is 14.8. The molecule has 0 saturated carbocycles. The van der Waals surface area contributed by atoms with Gasteiger partial charge in [-0.2, -0.15) is 0 Å². The zero-order valence-electron chi connectivity index (χ0n) is 22.4. The molecule has 0 fully saturated rings. The third-order valence-electron chi connectivity index (χ3n) is 6.57. The molecule has 198 valence electrons. The second-order valence-corrected chi connectivity index (χ2v) is 9.51. The topological polar surface area (TPSA) is 84.3 Å². The van der Waals surface area contributed by atoms with E-state index in [4.69, 9.17) is 4.74 Å². The number of fused-ring (bicyclic) bond motifs is 1. The SMILES string of the molecule is COc1ccc(CCNC(=O)Cc2cn(-c3ccc(Nc4cccc(N(C)C)c4)nn3)c3ccccc23)cc1. The number of carbonyl (C=O) groups excluding carboxylic acids is 1. The van der Waals surface area contributed by atoms with Gasteiger partial charge < -0.3 is 20.3 Å². The lowest BCUT2D eigenvalue weighted by atomic mass is 10.1. The van der Waals surface area contributed by atoms with E-state index >= 15 is 0 Å². The number of ether oxygens (including phenoxy) is 1. The maximum atomic E-state index is 12.8. The molecule has 0 spiro atoms. The van der Waals surface area contributed by atoms with Crippen LogP contribution < -0.4 is 20.3 Å². The van der Waals surface area contributed by atoms with Gasteiger partial charge in [-0.15, -0.1) is 10.2 Å². The molecule has 8 heteroatoms. The van der Waals surface area contributed by atoms with Crippen LogP contribution in [0.15, 0.2) is 91.1 Å². The predicted octanol–water partition coefficient (Wildman–Crippen LogP) is 5.14. The van der Waals surface area contributed by atoms with Crippen molar-refractivity contribution in [1.29, 1.82) is 0 Å². The molecule has 5 rings (SSSR count). The summed E-state index contributed by atoms with van der Waals surface area (Å²) >= 11 is 0. The van der Waals surface area contributed by atoms with Crippen molar-refractivity contribution in [2.24, 2.45) is 0 Å². The molecule has 0 radical (unpaired) electrons. The standard InChI is InChI=1S/C31H32N6O2/c1-36(2)25-8-6-7-24(20-25)33-29-15-16-30(35-34-29)37-21-23(27-9-4-5-10-28(27)37)19-31(38)32-18-17-22-11-13-26(39-3)14-12-22/h4-16,20-21H,17-19H2,1-3H3,(H,32,38)(H,33,34). The van der Waals surface area contributed by atoms with Crippen LogP contribution in [0.3, 0.4) is 0 Å². The van der Waals surface area contributed by atoms with Crippen molar-refractivity contribution in [3.8, 4) is 11.6 Å². The summed E-state index contributed by atoms with van der Waals surface area (Å²) in [5.74, 6) is 2.15. The fourth-order valence-corrected chi connectivity index (χ4v) is 4.48. The Morgan fingerprint density at radius 3 is 2.51 bits per heavy atom. The normalized spacial score (nSPS) is 10.8. The van der Waals surface area contributed by atoms with Crippen molar-refractivity contribution >= 4 is 34.0 Å². The smallest absolute Gasteiger partial charge is 0.224 e. The molecule has 0 aliphatic heterocycles. The van der Waals surface area contributed by atoms with Crippen molar-refractivity contribution < 1.29 is 9.53 Å². The number of nitrogens with one attached hydrogen (secondary N) is 2. The molecule has 1 amide bonds. The third kappa shape index (κ3) is 6.18. The monoisotopic (exact) mass is 520 g/mol. The van der Waals surface area contributed by atoms with Crippen molar-refractivity contribution in [1.82, 2.24) is 20.1 Å². The lowest BCUT2D eigenvalue weighted by Crippen LogP contribution is -2.27. The number of aromatic nitrogens is 3. The number of nitrogens with zero attached hydrogens (tertiary/aromatic N) is 4. The molecule has 0 aliphatic rings. The molecule has 2 N–H and O–H groups in total. The lowest BCUT2D eigenvalue weighted by Gasteiger charge is -2.14. The highest BCUT2D eigenvalue weighted by Gasteiger charge is 2.14. The van der Waals surface area contributed by atoms with E-state index in [9.17, 15) is 4.79 Å². The Hall–Kier alpha value is -4.85. The van der Waals surface area contributed by atoms with Crippen LogP contribution in [0, 0.1) is 0 Å². The second-order valence-electron chi connectivity index (χ2n) is 9.51. The van der Waals surface area contributed by atoms with E-state index in [2.05, 4.69) is 37.9 Å². The van der Waals surface area contributed by atoms with Gasteiger partial charge in [-0.1, -0.05) is 36.4 Å². The number of methoxy groups -OCH3 is 1. The van der Waals surface area contributed by atoms with Crippen LogP contribution in [0.25, 0.3) is 16.7 Å².